The van der Waals surface area contributed by atoms with E-state index in [4.69, 9.17) is 4.74 Å². The number of hydrogen-bond acceptors (Lipinski definition) is 3. The summed E-state index contributed by atoms with van der Waals surface area (Å²) in [4.78, 5) is 4.32. The number of halogens is 1. The maximum atomic E-state index is 13.9. The molecule has 1 aliphatic rings. The zero-order valence-corrected chi connectivity index (χ0v) is 16.9. The molecule has 156 valence electrons. The topological polar surface area (TPSA) is 65.9 Å². The van der Waals surface area contributed by atoms with Crippen molar-refractivity contribution in [3.8, 4) is 0 Å². The van der Waals surface area contributed by atoms with Gasteiger partial charge in [-0.1, -0.05) is 42.5 Å². The summed E-state index contributed by atoms with van der Waals surface area (Å²) in [5, 5.41) is 16.5. The van der Waals surface area contributed by atoms with Gasteiger partial charge in [0.25, 0.3) is 0 Å². The van der Waals surface area contributed by atoms with Crippen LogP contribution in [0.1, 0.15) is 29.9 Å². The quantitative estimate of drug-likeness (QED) is 0.495. The second-order valence-electron chi connectivity index (χ2n) is 7.50. The van der Waals surface area contributed by atoms with Gasteiger partial charge in [0.2, 0.25) is 0 Å². The molecule has 1 heterocycles. The van der Waals surface area contributed by atoms with E-state index in [2.05, 4.69) is 15.6 Å². The summed E-state index contributed by atoms with van der Waals surface area (Å²) >= 11 is 0. The monoisotopic (exact) mass is 399 g/mol. The van der Waals surface area contributed by atoms with Crippen molar-refractivity contribution in [3.63, 3.8) is 0 Å². The molecule has 1 atom stereocenters. The van der Waals surface area contributed by atoms with Crippen LogP contribution in [0.25, 0.3) is 0 Å². The number of aliphatic hydroxyl groups is 1. The first-order valence-electron chi connectivity index (χ1n) is 10.1. The molecule has 1 unspecified atom stereocenters. The number of aliphatic imine (C=N–C) groups is 1. The number of ether oxygens (including phenoxy) is 1. The van der Waals surface area contributed by atoms with Crippen molar-refractivity contribution in [2.75, 3.05) is 40.0 Å². The smallest absolute Gasteiger partial charge is 0.191 e. The summed E-state index contributed by atoms with van der Waals surface area (Å²) in [6.07, 6.45) is 1.65. The fourth-order valence-corrected chi connectivity index (χ4v) is 3.85. The molecule has 0 saturated carbocycles. The van der Waals surface area contributed by atoms with Gasteiger partial charge in [0.15, 0.2) is 5.96 Å². The van der Waals surface area contributed by atoms with Crippen molar-refractivity contribution in [3.05, 3.63) is 71.5 Å². The molecular weight excluding hydrogens is 369 g/mol. The van der Waals surface area contributed by atoms with Gasteiger partial charge in [-0.25, -0.2) is 4.39 Å². The molecule has 1 saturated heterocycles. The van der Waals surface area contributed by atoms with E-state index in [9.17, 15) is 9.50 Å². The number of aliphatic hydroxyl groups excluding tert-OH is 1. The highest BCUT2D eigenvalue weighted by atomic mass is 19.1. The van der Waals surface area contributed by atoms with E-state index in [1.54, 1.807) is 19.2 Å². The van der Waals surface area contributed by atoms with Crippen molar-refractivity contribution in [1.29, 1.82) is 0 Å². The Balaban J connectivity index is 1.65. The van der Waals surface area contributed by atoms with Crippen LogP contribution >= 0.6 is 0 Å². The van der Waals surface area contributed by atoms with E-state index >= 15 is 0 Å². The number of hydrogen-bond donors (Lipinski definition) is 3. The standard InChI is InChI=1S/C23H30FN3O2/c1-25-22(26-15-19(16-28)18-6-3-2-4-7-18)27-17-23(10-12-29-13-11-23)20-8-5-9-21(24)14-20/h2-9,14,19,28H,10-13,15-17H2,1H3,(H2,25,26,27). The Labute approximate surface area is 172 Å². The third-order valence-electron chi connectivity index (χ3n) is 5.71. The molecule has 0 amide bonds. The Hall–Kier alpha value is -2.44. The molecule has 3 rings (SSSR count). The van der Waals surface area contributed by atoms with E-state index in [0.717, 1.165) is 24.0 Å². The molecule has 0 aliphatic carbocycles. The predicted molar refractivity (Wildman–Crippen MR) is 114 cm³/mol. The van der Waals surface area contributed by atoms with Gasteiger partial charge >= 0.3 is 0 Å². The summed E-state index contributed by atoms with van der Waals surface area (Å²) in [7, 11) is 1.73. The Morgan fingerprint density at radius 2 is 1.90 bits per heavy atom. The summed E-state index contributed by atoms with van der Waals surface area (Å²) in [6.45, 7) is 2.57. The van der Waals surface area contributed by atoms with Gasteiger partial charge in [-0.05, 0) is 36.1 Å². The third kappa shape index (κ3) is 5.55. The molecule has 1 fully saturated rings. The van der Waals surface area contributed by atoms with E-state index in [1.807, 2.05) is 36.4 Å². The van der Waals surface area contributed by atoms with Crippen molar-refractivity contribution < 1.29 is 14.2 Å². The van der Waals surface area contributed by atoms with Crippen LogP contribution in [-0.2, 0) is 10.2 Å². The van der Waals surface area contributed by atoms with E-state index in [1.165, 1.54) is 6.07 Å². The lowest BCUT2D eigenvalue weighted by Crippen LogP contribution is -2.48. The van der Waals surface area contributed by atoms with E-state index < -0.39 is 0 Å². The first-order chi connectivity index (χ1) is 14.2. The van der Waals surface area contributed by atoms with Gasteiger partial charge in [0, 0.05) is 44.7 Å². The van der Waals surface area contributed by atoms with Crippen LogP contribution in [0.3, 0.4) is 0 Å². The third-order valence-corrected chi connectivity index (χ3v) is 5.71. The van der Waals surface area contributed by atoms with Gasteiger partial charge in [-0.2, -0.15) is 0 Å². The lowest BCUT2D eigenvalue weighted by molar-refractivity contribution is 0.0513. The van der Waals surface area contributed by atoms with Gasteiger partial charge in [-0.15, -0.1) is 0 Å². The summed E-state index contributed by atoms with van der Waals surface area (Å²) in [5.41, 5.74) is 1.87. The number of rotatable bonds is 7. The van der Waals surface area contributed by atoms with Crippen molar-refractivity contribution in [2.45, 2.75) is 24.2 Å². The fraction of sp³-hybridized carbons (Fsp3) is 0.435. The van der Waals surface area contributed by atoms with Gasteiger partial charge < -0.3 is 20.5 Å². The Morgan fingerprint density at radius 3 is 2.55 bits per heavy atom. The number of nitrogens with zero attached hydrogens (tertiary/aromatic N) is 1. The number of guanidine groups is 1. The first kappa shape index (κ1) is 21.3. The van der Waals surface area contributed by atoms with Crippen LogP contribution in [0.15, 0.2) is 59.6 Å². The minimum Gasteiger partial charge on any atom is -0.396 e. The van der Waals surface area contributed by atoms with Crippen molar-refractivity contribution >= 4 is 5.96 Å². The van der Waals surface area contributed by atoms with Crippen molar-refractivity contribution in [2.24, 2.45) is 4.99 Å². The normalized spacial score (nSPS) is 17.6. The molecule has 2 aromatic rings. The molecule has 1 aliphatic heterocycles. The highest BCUT2D eigenvalue weighted by Crippen LogP contribution is 2.34. The molecule has 0 bridgehead atoms. The zero-order chi connectivity index (χ0) is 20.5. The van der Waals surface area contributed by atoms with Crippen molar-refractivity contribution in [1.82, 2.24) is 10.6 Å². The Bertz CT molecular complexity index is 792. The summed E-state index contributed by atoms with van der Waals surface area (Å²) < 4.78 is 19.4. The zero-order valence-electron chi connectivity index (χ0n) is 16.9. The molecular formula is C23H30FN3O2. The average Bonchev–Trinajstić information content (AvgIpc) is 2.77. The van der Waals surface area contributed by atoms with Crippen LogP contribution in [0.5, 0.6) is 0 Å². The maximum Gasteiger partial charge on any atom is 0.191 e. The molecule has 6 heteroatoms. The van der Waals surface area contributed by atoms with Crippen LogP contribution < -0.4 is 10.6 Å². The molecule has 5 nitrogen and oxygen atoms in total. The highest BCUT2D eigenvalue weighted by Gasteiger charge is 2.35. The predicted octanol–water partition coefficient (Wildman–Crippen LogP) is 2.82. The highest BCUT2D eigenvalue weighted by molar-refractivity contribution is 5.79. The number of nitrogens with one attached hydrogen (secondary N) is 2. The van der Waals surface area contributed by atoms with E-state index in [0.29, 0.717) is 32.3 Å². The summed E-state index contributed by atoms with van der Waals surface area (Å²) in [6, 6.07) is 16.8. The molecule has 29 heavy (non-hydrogen) atoms. The first-order valence-corrected chi connectivity index (χ1v) is 10.1. The fourth-order valence-electron chi connectivity index (χ4n) is 3.85. The Morgan fingerprint density at radius 1 is 1.14 bits per heavy atom. The molecule has 2 aromatic carbocycles. The van der Waals surface area contributed by atoms with Gasteiger partial charge in [0.05, 0.1) is 6.61 Å². The minimum absolute atomic E-state index is 0.0185. The largest absolute Gasteiger partial charge is 0.396 e. The number of benzene rings is 2. The van der Waals surface area contributed by atoms with Gasteiger partial charge in [0.1, 0.15) is 5.82 Å². The summed E-state index contributed by atoms with van der Waals surface area (Å²) in [5.74, 6) is 0.432. The SMILES string of the molecule is CN=C(NCC(CO)c1ccccc1)NCC1(c2cccc(F)c2)CCOCC1. The molecule has 3 N–H and O–H groups in total. The maximum absolute atomic E-state index is 13.9. The average molecular weight is 400 g/mol. The molecule has 0 radical (unpaired) electrons. The lowest BCUT2D eigenvalue weighted by Gasteiger charge is -2.38. The van der Waals surface area contributed by atoms with Crippen LogP contribution in [0.2, 0.25) is 0 Å². The lowest BCUT2D eigenvalue weighted by atomic mass is 9.74. The van der Waals surface area contributed by atoms with Crippen LogP contribution in [-0.4, -0.2) is 51.0 Å². The minimum atomic E-state index is -0.218. The molecule has 0 aromatic heterocycles. The molecule has 0 spiro atoms. The second kappa shape index (κ2) is 10.4. The second-order valence-corrected chi connectivity index (χ2v) is 7.50. The van der Waals surface area contributed by atoms with Crippen LogP contribution in [0.4, 0.5) is 4.39 Å². The Kier molecular flexibility index (Phi) is 7.61. The van der Waals surface area contributed by atoms with Crippen LogP contribution in [0, 0.1) is 5.82 Å². The van der Waals surface area contributed by atoms with E-state index in [-0.39, 0.29) is 23.8 Å². The van der Waals surface area contributed by atoms with Gasteiger partial charge in [-0.3, -0.25) is 4.99 Å².